The molecule has 1 N–H and O–H groups in total. The molecule has 0 saturated carbocycles. The van der Waals surface area contributed by atoms with Crippen LogP contribution in [0.15, 0.2) is 23.1 Å². The first-order chi connectivity index (χ1) is 24.5. The summed E-state index contributed by atoms with van der Waals surface area (Å²) in [5.41, 5.74) is 2.00. The van der Waals surface area contributed by atoms with Gasteiger partial charge in [0, 0.05) is 0 Å². The Morgan fingerprint density at radius 3 is 0.922 bits per heavy atom. The summed E-state index contributed by atoms with van der Waals surface area (Å²) in [5, 5.41) is 0. The van der Waals surface area contributed by atoms with Crippen molar-refractivity contribution in [1.29, 1.82) is 0 Å². The summed E-state index contributed by atoms with van der Waals surface area (Å²) in [6.45, 7) is 4.58. The van der Waals surface area contributed by atoms with Gasteiger partial charge in [-0.1, -0.05) is 244 Å². The van der Waals surface area contributed by atoms with Crippen molar-refractivity contribution in [2.75, 3.05) is 0 Å². The SMILES string of the molecule is CCCCCCCCCCCCCCCCCCCCc1cccc(S(=O)(=O)O)c1CCCCCCCCCCCCCCCCCCCC.[CaH2]. The predicted molar refractivity (Wildman–Crippen MR) is 230 cm³/mol. The van der Waals surface area contributed by atoms with Gasteiger partial charge in [-0.25, -0.2) is 0 Å². The molecule has 0 heterocycles. The fraction of sp³-hybridized carbons (Fsp3) is 0.870. The summed E-state index contributed by atoms with van der Waals surface area (Å²) in [6.07, 6.45) is 50.6. The minimum absolute atomic E-state index is 0. The van der Waals surface area contributed by atoms with Crippen molar-refractivity contribution in [1.82, 2.24) is 0 Å². The van der Waals surface area contributed by atoms with E-state index >= 15 is 0 Å². The Labute approximate surface area is 350 Å². The standard InChI is InChI=1S/C46H86O3S.Ca.2H/c1-3-5-7-9-11-13-15-17-19-21-23-25-27-29-31-33-35-37-40-44-41-39-43-46(50(47,48)49)45(44)42-38-36-34-32-30-28-26-24-22-20-18-16-14-12-10-8-6-4-2;;;/h39,41,43H,3-38,40,42H2,1-2H3,(H,47,48,49);;;. The Bertz CT molecular complexity index is 963. The van der Waals surface area contributed by atoms with E-state index in [-0.39, 0.29) is 42.6 Å². The molecule has 0 aliphatic rings. The van der Waals surface area contributed by atoms with E-state index in [4.69, 9.17) is 0 Å². The second-order valence-electron chi connectivity index (χ2n) is 15.9. The Morgan fingerprint density at radius 2 is 0.647 bits per heavy atom. The molecule has 0 aliphatic carbocycles. The molecule has 0 fully saturated rings. The molecule has 1 aromatic rings. The average Bonchev–Trinajstić information content (AvgIpc) is 3.10. The number of hydrogen-bond acceptors (Lipinski definition) is 2. The van der Waals surface area contributed by atoms with E-state index in [1.165, 1.54) is 212 Å². The molecule has 51 heavy (non-hydrogen) atoms. The van der Waals surface area contributed by atoms with Crippen molar-refractivity contribution in [3.8, 4) is 0 Å². The summed E-state index contributed by atoms with van der Waals surface area (Å²) in [5.74, 6) is 0. The normalized spacial score (nSPS) is 11.7. The van der Waals surface area contributed by atoms with Gasteiger partial charge in [-0.3, -0.25) is 4.55 Å². The molecular weight excluding hydrogens is 673 g/mol. The van der Waals surface area contributed by atoms with Gasteiger partial charge in [-0.05, 0) is 42.9 Å². The quantitative estimate of drug-likeness (QED) is 0.0413. The van der Waals surface area contributed by atoms with Gasteiger partial charge in [-0.15, -0.1) is 0 Å². The van der Waals surface area contributed by atoms with Gasteiger partial charge in [0.15, 0.2) is 0 Å². The molecular formula is C46H88CaO3S. The molecule has 0 aliphatic heterocycles. The Hall–Kier alpha value is 0.390. The maximum atomic E-state index is 12.2. The molecule has 298 valence electrons. The van der Waals surface area contributed by atoms with E-state index in [1.54, 1.807) is 6.07 Å². The molecule has 0 amide bonds. The number of aryl methyl sites for hydroxylation is 1. The van der Waals surface area contributed by atoms with E-state index in [2.05, 4.69) is 19.9 Å². The van der Waals surface area contributed by atoms with Crippen LogP contribution in [-0.4, -0.2) is 50.7 Å². The molecule has 0 saturated heterocycles. The average molecular weight is 761 g/mol. The Morgan fingerprint density at radius 1 is 0.392 bits per heavy atom. The molecule has 5 heteroatoms. The third-order valence-electron chi connectivity index (χ3n) is 11.1. The zero-order valence-corrected chi connectivity index (χ0v) is 34.6. The molecule has 0 spiro atoms. The van der Waals surface area contributed by atoms with E-state index < -0.39 is 10.1 Å². The van der Waals surface area contributed by atoms with Crippen LogP contribution >= 0.6 is 0 Å². The summed E-state index contributed by atoms with van der Waals surface area (Å²) < 4.78 is 34.3. The van der Waals surface area contributed by atoms with Gasteiger partial charge in [0.25, 0.3) is 10.1 Å². The number of unbranched alkanes of at least 4 members (excludes halogenated alkanes) is 34. The van der Waals surface area contributed by atoms with Crippen LogP contribution in [0.1, 0.15) is 256 Å². The molecule has 0 unspecified atom stereocenters. The summed E-state index contributed by atoms with van der Waals surface area (Å²) in [7, 11) is -4.19. The van der Waals surface area contributed by atoms with Gasteiger partial charge in [-0.2, -0.15) is 8.42 Å². The van der Waals surface area contributed by atoms with Crippen molar-refractivity contribution in [2.45, 2.75) is 263 Å². The van der Waals surface area contributed by atoms with E-state index in [9.17, 15) is 13.0 Å². The summed E-state index contributed by atoms with van der Waals surface area (Å²) >= 11 is 0. The third-order valence-corrected chi connectivity index (χ3v) is 12.0. The maximum absolute atomic E-state index is 12.2. The van der Waals surface area contributed by atoms with Crippen LogP contribution in [0.3, 0.4) is 0 Å². The topological polar surface area (TPSA) is 54.4 Å². The zero-order chi connectivity index (χ0) is 36.2. The van der Waals surface area contributed by atoms with Crippen molar-refractivity contribution in [2.24, 2.45) is 0 Å². The van der Waals surface area contributed by atoms with Crippen LogP contribution in [-0.2, 0) is 23.0 Å². The monoisotopic (exact) mass is 761 g/mol. The first kappa shape index (κ1) is 51.4. The van der Waals surface area contributed by atoms with Gasteiger partial charge < -0.3 is 0 Å². The number of rotatable bonds is 39. The Balaban J connectivity index is 0.0000250. The van der Waals surface area contributed by atoms with Crippen LogP contribution in [0.4, 0.5) is 0 Å². The number of hydrogen-bond donors (Lipinski definition) is 1. The van der Waals surface area contributed by atoms with Crippen molar-refractivity contribution < 1.29 is 13.0 Å². The summed E-state index contributed by atoms with van der Waals surface area (Å²) in [4.78, 5) is 0.143. The van der Waals surface area contributed by atoms with Gasteiger partial charge >= 0.3 is 37.7 Å². The fourth-order valence-corrected chi connectivity index (χ4v) is 8.59. The van der Waals surface area contributed by atoms with Crippen LogP contribution in [0.5, 0.6) is 0 Å². The van der Waals surface area contributed by atoms with Crippen molar-refractivity contribution in [3.05, 3.63) is 29.3 Å². The van der Waals surface area contributed by atoms with Crippen LogP contribution in [0, 0.1) is 0 Å². The van der Waals surface area contributed by atoms with E-state index in [0.717, 1.165) is 43.2 Å². The van der Waals surface area contributed by atoms with Crippen LogP contribution in [0.2, 0.25) is 0 Å². The second kappa shape index (κ2) is 38.7. The molecule has 1 rings (SSSR count). The molecule has 0 atom stereocenters. The predicted octanol–water partition coefficient (Wildman–Crippen LogP) is 15.2. The third kappa shape index (κ3) is 32.4. The van der Waals surface area contributed by atoms with Crippen LogP contribution < -0.4 is 0 Å². The Kier molecular flexibility index (Phi) is 39.0. The molecule has 0 bridgehead atoms. The zero-order valence-electron chi connectivity index (χ0n) is 33.8. The van der Waals surface area contributed by atoms with Gasteiger partial charge in [0.2, 0.25) is 0 Å². The molecule has 0 aromatic heterocycles. The van der Waals surface area contributed by atoms with E-state index in [0.29, 0.717) is 0 Å². The van der Waals surface area contributed by atoms with Crippen molar-refractivity contribution >= 4 is 47.9 Å². The van der Waals surface area contributed by atoms with Gasteiger partial charge in [0.1, 0.15) is 0 Å². The van der Waals surface area contributed by atoms with Crippen LogP contribution in [0.25, 0.3) is 0 Å². The second-order valence-corrected chi connectivity index (χ2v) is 17.3. The molecule has 1 aromatic carbocycles. The van der Waals surface area contributed by atoms with Crippen molar-refractivity contribution in [3.63, 3.8) is 0 Å². The molecule has 0 radical (unpaired) electrons. The first-order valence-corrected chi connectivity index (χ1v) is 24.0. The number of benzene rings is 1. The first-order valence-electron chi connectivity index (χ1n) is 22.6. The van der Waals surface area contributed by atoms with E-state index in [1.807, 2.05) is 6.07 Å². The summed E-state index contributed by atoms with van der Waals surface area (Å²) in [6, 6.07) is 5.50. The molecule has 3 nitrogen and oxygen atoms in total. The fourth-order valence-electron chi connectivity index (χ4n) is 7.79. The minimum atomic E-state index is -4.19. The van der Waals surface area contributed by atoms with Gasteiger partial charge in [0.05, 0.1) is 4.90 Å².